The Labute approximate surface area is 196 Å². The molecule has 0 aliphatic carbocycles. The van der Waals surface area contributed by atoms with Crippen molar-refractivity contribution < 1.29 is 19.8 Å². The van der Waals surface area contributed by atoms with Gasteiger partial charge in [-0.25, -0.2) is 9.78 Å². The molecule has 0 spiro atoms. The molecule has 174 valence electrons. The lowest BCUT2D eigenvalue weighted by Gasteiger charge is -2.13. The predicted molar refractivity (Wildman–Crippen MR) is 128 cm³/mol. The van der Waals surface area contributed by atoms with Crippen molar-refractivity contribution in [3.8, 4) is 17.0 Å². The van der Waals surface area contributed by atoms with Crippen molar-refractivity contribution >= 4 is 22.8 Å². The number of fused-ring (bicyclic) bond motifs is 1. The van der Waals surface area contributed by atoms with Crippen LogP contribution in [0.4, 0.5) is 0 Å². The van der Waals surface area contributed by atoms with Crippen LogP contribution in [0.15, 0.2) is 48.5 Å². The number of aromatic carboxylic acids is 1. The third-order valence-corrected chi connectivity index (χ3v) is 5.70. The van der Waals surface area contributed by atoms with Gasteiger partial charge < -0.3 is 14.8 Å². The van der Waals surface area contributed by atoms with Crippen molar-refractivity contribution in [1.29, 1.82) is 0 Å². The molecule has 4 rings (SSSR count). The zero-order chi connectivity index (χ0) is 24.4. The number of carbonyl (C=O) groups is 2. The highest BCUT2D eigenvalue weighted by atomic mass is 16.4. The van der Waals surface area contributed by atoms with Gasteiger partial charge in [0.15, 0.2) is 11.5 Å². The number of Topliss-reactive ketones (excluding diaryl/α,β-unsaturated/α-hetero) is 1. The molecule has 34 heavy (non-hydrogen) atoms. The molecule has 0 fully saturated rings. The molecule has 0 saturated heterocycles. The minimum absolute atomic E-state index is 0.0302. The monoisotopic (exact) mass is 458 g/mol. The summed E-state index contributed by atoms with van der Waals surface area (Å²) in [5.74, 6) is -0.652. The molecule has 8 nitrogen and oxygen atoms in total. The molecule has 0 aliphatic heterocycles. The highest BCUT2D eigenvalue weighted by molar-refractivity contribution is 6.05. The van der Waals surface area contributed by atoms with Crippen LogP contribution in [0.25, 0.3) is 22.2 Å². The van der Waals surface area contributed by atoms with Crippen molar-refractivity contribution in [3.63, 3.8) is 0 Å². The Morgan fingerprint density at radius 1 is 1.03 bits per heavy atom. The number of nitrogens with zero attached hydrogens (tertiary/aromatic N) is 4. The van der Waals surface area contributed by atoms with Gasteiger partial charge in [-0.1, -0.05) is 63.2 Å². The number of ketones is 1. The third kappa shape index (κ3) is 4.26. The van der Waals surface area contributed by atoms with E-state index in [0.29, 0.717) is 41.8 Å². The van der Waals surface area contributed by atoms with Crippen LogP contribution in [0.1, 0.15) is 71.8 Å². The first kappa shape index (κ1) is 23.1. The molecule has 0 unspecified atom stereocenters. The summed E-state index contributed by atoms with van der Waals surface area (Å²) < 4.78 is 1.87. The van der Waals surface area contributed by atoms with Crippen LogP contribution in [0.3, 0.4) is 0 Å². The molecule has 0 atom stereocenters. The lowest BCUT2D eigenvalue weighted by atomic mass is 9.98. The van der Waals surface area contributed by atoms with Gasteiger partial charge in [-0.15, -0.1) is 10.2 Å². The summed E-state index contributed by atoms with van der Waals surface area (Å²) in [4.78, 5) is 28.9. The summed E-state index contributed by atoms with van der Waals surface area (Å²) >= 11 is 0. The molecule has 0 bridgehead atoms. The Morgan fingerprint density at radius 2 is 1.74 bits per heavy atom. The van der Waals surface area contributed by atoms with Crippen LogP contribution in [0.2, 0.25) is 0 Å². The van der Waals surface area contributed by atoms with Gasteiger partial charge in [-0.2, -0.15) is 0 Å². The van der Waals surface area contributed by atoms with Crippen molar-refractivity contribution in [3.05, 3.63) is 71.2 Å². The summed E-state index contributed by atoms with van der Waals surface area (Å²) in [5.41, 5.74) is 3.53. The van der Waals surface area contributed by atoms with Gasteiger partial charge >= 0.3 is 5.97 Å². The SMILES string of the molecule is CCCC(=O)c1nnc(O)c2c1nc(C(C)C)n2Cc1ccc(-c2ccccc2C(=O)O)cc1. The Kier molecular flexibility index (Phi) is 6.40. The molecule has 4 aromatic rings. The summed E-state index contributed by atoms with van der Waals surface area (Å²) in [7, 11) is 0. The summed E-state index contributed by atoms with van der Waals surface area (Å²) in [5, 5.41) is 27.8. The van der Waals surface area contributed by atoms with Gasteiger partial charge in [-0.05, 0) is 29.2 Å². The molecular weight excluding hydrogens is 432 g/mol. The second-order valence-electron chi connectivity index (χ2n) is 8.50. The van der Waals surface area contributed by atoms with Crippen LogP contribution < -0.4 is 0 Å². The number of carbonyl (C=O) groups excluding carboxylic acids is 1. The van der Waals surface area contributed by atoms with E-state index in [1.54, 1.807) is 18.2 Å². The molecule has 2 aromatic carbocycles. The van der Waals surface area contributed by atoms with E-state index >= 15 is 0 Å². The smallest absolute Gasteiger partial charge is 0.336 e. The third-order valence-electron chi connectivity index (χ3n) is 5.70. The number of rotatable bonds is 8. The van der Waals surface area contributed by atoms with Crippen molar-refractivity contribution in [1.82, 2.24) is 19.7 Å². The fourth-order valence-electron chi connectivity index (χ4n) is 4.08. The van der Waals surface area contributed by atoms with E-state index in [0.717, 1.165) is 11.1 Å². The van der Waals surface area contributed by atoms with Gasteiger partial charge in [0.05, 0.1) is 5.56 Å². The lowest BCUT2D eigenvalue weighted by molar-refractivity contribution is 0.0697. The normalized spacial score (nSPS) is 11.3. The summed E-state index contributed by atoms with van der Waals surface area (Å²) in [6.07, 6.45) is 1.01. The Bertz CT molecular complexity index is 1370. The van der Waals surface area contributed by atoms with Gasteiger partial charge in [0.1, 0.15) is 16.9 Å². The maximum absolute atomic E-state index is 12.6. The van der Waals surface area contributed by atoms with Gasteiger partial charge in [0.25, 0.3) is 5.88 Å². The van der Waals surface area contributed by atoms with Crippen molar-refractivity contribution in [2.75, 3.05) is 0 Å². The zero-order valence-corrected chi connectivity index (χ0v) is 19.3. The summed E-state index contributed by atoms with van der Waals surface area (Å²) in [6, 6.07) is 14.5. The Morgan fingerprint density at radius 3 is 2.38 bits per heavy atom. The topological polar surface area (TPSA) is 118 Å². The molecule has 0 saturated carbocycles. The molecule has 2 heterocycles. The van der Waals surface area contributed by atoms with Crippen LogP contribution >= 0.6 is 0 Å². The number of imidazole rings is 1. The van der Waals surface area contributed by atoms with Crippen LogP contribution in [0.5, 0.6) is 5.88 Å². The predicted octanol–water partition coefficient (Wildman–Crippen LogP) is 5.05. The minimum atomic E-state index is -0.976. The molecule has 0 amide bonds. The van der Waals surface area contributed by atoms with Crippen molar-refractivity contribution in [2.45, 2.75) is 46.1 Å². The number of hydrogen-bond donors (Lipinski definition) is 2. The first-order chi connectivity index (χ1) is 16.3. The van der Waals surface area contributed by atoms with E-state index in [9.17, 15) is 19.8 Å². The summed E-state index contributed by atoms with van der Waals surface area (Å²) in [6.45, 7) is 6.30. The zero-order valence-electron chi connectivity index (χ0n) is 19.3. The average molecular weight is 459 g/mol. The van der Waals surface area contributed by atoms with Crippen LogP contribution in [-0.2, 0) is 6.54 Å². The second-order valence-corrected chi connectivity index (χ2v) is 8.50. The maximum atomic E-state index is 12.6. The highest BCUT2D eigenvalue weighted by Crippen LogP contribution is 2.31. The van der Waals surface area contributed by atoms with Crippen LogP contribution in [-0.4, -0.2) is 41.7 Å². The van der Waals surface area contributed by atoms with E-state index in [4.69, 9.17) is 0 Å². The Hall–Kier alpha value is -4.07. The van der Waals surface area contributed by atoms with E-state index < -0.39 is 5.97 Å². The molecule has 0 radical (unpaired) electrons. The fraction of sp³-hybridized carbons (Fsp3) is 0.269. The van der Waals surface area contributed by atoms with E-state index in [1.165, 1.54) is 0 Å². The Balaban J connectivity index is 1.76. The number of carboxylic acid groups (broad SMARTS) is 1. The lowest BCUT2D eigenvalue weighted by Crippen LogP contribution is -2.08. The standard InChI is InChI=1S/C26H26N4O4/c1-4-7-20(31)21-22-23(25(32)29-28-21)30(24(27-22)15(2)3)14-16-10-12-17(13-11-16)18-8-5-6-9-19(18)26(33)34/h5-6,8-13,15H,4,7,14H2,1-3H3,(H,29,32)(H,33,34). The largest absolute Gasteiger partial charge is 0.491 e. The molecule has 2 aromatic heterocycles. The van der Waals surface area contributed by atoms with E-state index in [1.807, 2.05) is 55.7 Å². The maximum Gasteiger partial charge on any atom is 0.336 e. The quantitative estimate of drug-likeness (QED) is 0.355. The van der Waals surface area contributed by atoms with Gasteiger partial charge in [0.2, 0.25) is 0 Å². The second kappa shape index (κ2) is 9.43. The highest BCUT2D eigenvalue weighted by Gasteiger charge is 2.24. The minimum Gasteiger partial charge on any atom is -0.491 e. The fourth-order valence-corrected chi connectivity index (χ4v) is 4.08. The van der Waals surface area contributed by atoms with E-state index in [-0.39, 0.29) is 28.8 Å². The van der Waals surface area contributed by atoms with Crippen LogP contribution in [0, 0.1) is 0 Å². The number of hydrogen-bond acceptors (Lipinski definition) is 6. The first-order valence-corrected chi connectivity index (χ1v) is 11.2. The number of carboxylic acids is 1. The van der Waals surface area contributed by atoms with Crippen molar-refractivity contribution in [2.24, 2.45) is 0 Å². The average Bonchev–Trinajstić information content (AvgIpc) is 3.20. The molecule has 8 heteroatoms. The molecule has 0 aliphatic rings. The van der Waals surface area contributed by atoms with Gasteiger partial charge in [-0.3, -0.25) is 4.79 Å². The number of aromatic nitrogens is 4. The number of aromatic hydroxyl groups is 1. The first-order valence-electron chi connectivity index (χ1n) is 11.2. The van der Waals surface area contributed by atoms with E-state index in [2.05, 4.69) is 15.2 Å². The molecular formula is C26H26N4O4. The van der Waals surface area contributed by atoms with Gasteiger partial charge in [0, 0.05) is 18.9 Å². The molecule has 2 N–H and O–H groups in total. The number of benzene rings is 2.